The first-order chi connectivity index (χ1) is 9.34. The molecule has 0 amide bonds. The average molecular weight is 370 g/mol. The molecule has 0 aliphatic rings. The van der Waals surface area contributed by atoms with Crippen LogP contribution >= 0.6 is 27.5 Å². The van der Waals surface area contributed by atoms with Crippen LogP contribution in [0.15, 0.2) is 28.7 Å². The molecule has 0 radical (unpaired) electrons. The molecule has 0 fully saturated rings. The van der Waals surface area contributed by atoms with Crippen LogP contribution in [0.4, 0.5) is 13.2 Å². The SMILES string of the molecule is COCn1c(C(F)(F)F)nc(-c2ccc(Br)cc2)c1Cl. The topological polar surface area (TPSA) is 27.1 Å². The van der Waals surface area contributed by atoms with Crippen molar-refractivity contribution < 1.29 is 17.9 Å². The van der Waals surface area contributed by atoms with E-state index in [2.05, 4.69) is 20.9 Å². The molecule has 1 heterocycles. The maximum atomic E-state index is 12.9. The lowest BCUT2D eigenvalue weighted by molar-refractivity contribution is -0.149. The first kappa shape index (κ1) is 15.3. The Balaban J connectivity index is 2.57. The fourth-order valence-electron chi connectivity index (χ4n) is 1.69. The maximum Gasteiger partial charge on any atom is 0.449 e. The predicted octanol–water partition coefficient (Wildman–Crippen LogP) is 4.59. The number of hydrogen-bond acceptors (Lipinski definition) is 2. The summed E-state index contributed by atoms with van der Waals surface area (Å²) in [6.07, 6.45) is -4.60. The minimum atomic E-state index is -4.60. The number of ether oxygens (including phenoxy) is 1. The Labute approximate surface area is 126 Å². The van der Waals surface area contributed by atoms with Gasteiger partial charge >= 0.3 is 6.18 Å². The molecule has 108 valence electrons. The van der Waals surface area contributed by atoms with Gasteiger partial charge in [0.15, 0.2) is 0 Å². The zero-order valence-electron chi connectivity index (χ0n) is 10.2. The van der Waals surface area contributed by atoms with Crippen LogP contribution in [-0.2, 0) is 17.6 Å². The second-order valence-electron chi connectivity index (χ2n) is 3.93. The van der Waals surface area contributed by atoms with Gasteiger partial charge in [-0.15, -0.1) is 0 Å². The summed E-state index contributed by atoms with van der Waals surface area (Å²) >= 11 is 9.25. The van der Waals surface area contributed by atoms with Crippen LogP contribution in [0, 0.1) is 0 Å². The van der Waals surface area contributed by atoms with Gasteiger partial charge in [-0.3, -0.25) is 4.57 Å². The zero-order chi connectivity index (χ0) is 14.9. The van der Waals surface area contributed by atoms with Gasteiger partial charge in [-0.2, -0.15) is 13.2 Å². The molecule has 20 heavy (non-hydrogen) atoms. The Kier molecular flexibility index (Phi) is 4.41. The molecule has 0 aliphatic heterocycles. The molecule has 0 unspecified atom stereocenters. The summed E-state index contributed by atoms with van der Waals surface area (Å²) in [6, 6.07) is 6.67. The van der Waals surface area contributed by atoms with E-state index >= 15 is 0 Å². The quantitative estimate of drug-likeness (QED) is 0.791. The number of benzene rings is 1. The Hall–Kier alpha value is -1.05. The number of aromatic nitrogens is 2. The van der Waals surface area contributed by atoms with E-state index in [1.54, 1.807) is 24.3 Å². The van der Waals surface area contributed by atoms with Crippen molar-refractivity contribution in [2.75, 3.05) is 7.11 Å². The fourth-order valence-corrected chi connectivity index (χ4v) is 2.23. The highest BCUT2D eigenvalue weighted by molar-refractivity contribution is 9.10. The van der Waals surface area contributed by atoms with Gasteiger partial charge in [-0.1, -0.05) is 39.7 Å². The van der Waals surface area contributed by atoms with Gasteiger partial charge in [-0.05, 0) is 12.1 Å². The minimum absolute atomic E-state index is 0.0727. The van der Waals surface area contributed by atoms with Crippen molar-refractivity contribution >= 4 is 27.5 Å². The second kappa shape index (κ2) is 5.75. The molecule has 1 aromatic carbocycles. The van der Waals surface area contributed by atoms with Gasteiger partial charge in [0.2, 0.25) is 5.82 Å². The first-order valence-corrected chi connectivity index (χ1v) is 6.59. The summed E-state index contributed by atoms with van der Waals surface area (Å²) in [5, 5.41) is -0.110. The van der Waals surface area contributed by atoms with Gasteiger partial charge in [0.05, 0.1) is 0 Å². The molecule has 2 aromatic rings. The van der Waals surface area contributed by atoms with E-state index < -0.39 is 12.0 Å². The predicted molar refractivity (Wildman–Crippen MR) is 72.4 cm³/mol. The standard InChI is InChI=1S/C12H9BrClF3N2O/c1-20-6-19-10(14)9(18-11(19)12(15,16)17)7-2-4-8(13)5-3-7/h2-5H,6H2,1H3. The molecule has 0 N–H and O–H groups in total. The Bertz CT molecular complexity index is 610. The van der Waals surface area contributed by atoms with Gasteiger partial charge < -0.3 is 4.74 Å². The summed E-state index contributed by atoms with van der Waals surface area (Å²) in [5.41, 5.74) is 0.571. The van der Waals surface area contributed by atoms with Crippen molar-refractivity contribution in [3.05, 3.63) is 39.7 Å². The number of hydrogen-bond donors (Lipinski definition) is 0. The molecule has 0 aliphatic carbocycles. The van der Waals surface area contributed by atoms with Gasteiger partial charge in [0.25, 0.3) is 0 Å². The number of halogens is 5. The lowest BCUT2D eigenvalue weighted by atomic mass is 10.2. The number of alkyl halides is 3. The van der Waals surface area contributed by atoms with E-state index in [1.165, 1.54) is 7.11 Å². The maximum absolute atomic E-state index is 12.9. The summed E-state index contributed by atoms with van der Waals surface area (Å²) in [6.45, 7) is -0.322. The molecule has 8 heteroatoms. The number of methoxy groups -OCH3 is 1. The van der Waals surface area contributed by atoms with Crippen molar-refractivity contribution in [3.63, 3.8) is 0 Å². The summed E-state index contributed by atoms with van der Waals surface area (Å²) in [7, 11) is 1.29. The van der Waals surface area contributed by atoms with Crippen molar-refractivity contribution in [3.8, 4) is 11.3 Å². The monoisotopic (exact) mass is 368 g/mol. The van der Waals surface area contributed by atoms with Crippen molar-refractivity contribution in [1.82, 2.24) is 9.55 Å². The smallest absolute Gasteiger partial charge is 0.364 e. The van der Waals surface area contributed by atoms with Crippen LogP contribution in [0.25, 0.3) is 11.3 Å². The number of imidazole rings is 1. The van der Waals surface area contributed by atoms with E-state index in [0.29, 0.717) is 5.56 Å². The Morgan fingerprint density at radius 3 is 2.40 bits per heavy atom. The van der Waals surface area contributed by atoms with Gasteiger partial charge in [0, 0.05) is 17.1 Å². The third-order valence-corrected chi connectivity index (χ3v) is 3.45. The first-order valence-electron chi connectivity index (χ1n) is 5.42. The van der Waals surface area contributed by atoms with Crippen molar-refractivity contribution in [2.45, 2.75) is 12.9 Å². The molecule has 2 rings (SSSR count). The van der Waals surface area contributed by atoms with Crippen LogP contribution in [-0.4, -0.2) is 16.7 Å². The normalized spacial score (nSPS) is 11.9. The van der Waals surface area contributed by atoms with E-state index in [9.17, 15) is 13.2 Å². The molecule has 0 spiro atoms. The Morgan fingerprint density at radius 1 is 1.30 bits per heavy atom. The molecule has 3 nitrogen and oxygen atoms in total. The summed E-state index contributed by atoms with van der Waals surface area (Å²) < 4.78 is 45.2. The van der Waals surface area contributed by atoms with E-state index in [4.69, 9.17) is 16.3 Å². The molecular weight excluding hydrogens is 360 g/mol. The highest BCUT2D eigenvalue weighted by atomic mass is 79.9. The highest BCUT2D eigenvalue weighted by Gasteiger charge is 2.38. The molecule has 0 saturated carbocycles. The largest absolute Gasteiger partial charge is 0.449 e. The summed E-state index contributed by atoms with van der Waals surface area (Å²) in [5.74, 6) is -1.08. The third kappa shape index (κ3) is 2.99. The van der Waals surface area contributed by atoms with Gasteiger partial charge in [-0.25, -0.2) is 4.98 Å². The molecular formula is C12H9BrClF3N2O. The molecule has 0 atom stereocenters. The fraction of sp³-hybridized carbons (Fsp3) is 0.250. The summed E-state index contributed by atoms with van der Waals surface area (Å²) in [4.78, 5) is 3.61. The van der Waals surface area contributed by atoms with Crippen LogP contribution in [0.1, 0.15) is 5.82 Å². The van der Waals surface area contributed by atoms with Crippen LogP contribution in [0.5, 0.6) is 0 Å². The van der Waals surface area contributed by atoms with Crippen molar-refractivity contribution in [1.29, 1.82) is 0 Å². The number of rotatable bonds is 3. The second-order valence-corrected chi connectivity index (χ2v) is 5.20. The van der Waals surface area contributed by atoms with E-state index in [1.807, 2.05) is 0 Å². The molecule has 1 aromatic heterocycles. The third-order valence-electron chi connectivity index (χ3n) is 2.54. The van der Waals surface area contributed by atoms with Crippen LogP contribution < -0.4 is 0 Å². The lowest BCUT2D eigenvalue weighted by Gasteiger charge is -2.09. The van der Waals surface area contributed by atoms with Gasteiger partial charge in [0.1, 0.15) is 17.6 Å². The lowest BCUT2D eigenvalue weighted by Crippen LogP contribution is -2.15. The Morgan fingerprint density at radius 2 is 1.90 bits per heavy atom. The minimum Gasteiger partial charge on any atom is -0.364 e. The molecule has 0 bridgehead atoms. The van der Waals surface area contributed by atoms with Crippen molar-refractivity contribution in [2.24, 2.45) is 0 Å². The van der Waals surface area contributed by atoms with Crippen LogP contribution in [0.2, 0.25) is 5.15 Å². The molecule has 0 saturated heterocycles. The van der Waals surface area contributed by atoms with E-state index in [0.717, 1.165) is 9.04 Å². The average Bonchev–Trinajstić information content (AvgIpc) is 2.69. The van der Waals surface area contributed by atoms with Crippen LogP contribution in [0.3, 0.4) is 0 Å². The number of nitrogens with zero attached hydrogens (tertiary/aromatic N) is 2. The highest BCUT2D eigenvalue weighted by Crippen LogP contribution is 2.36. The zero-order valence-corrected chi connectivity index (χ0v) is 12.6. The van der Waals surface area contributed by atoms with E-state index in [-0.39, 0.29) is 17.6 Å².